The Morgan fingerprint density at radius 2 is 1.75 bits per heavy atom. The van der Waals surface area contributed by atoms with Gasteiger partial charge in [-0.05, 0) is 33.6 Å². The van der Waals surface area contributed by atoms with Gasteiger partial charge in [0.1, 0.15) is 0 Å². The summed E-state index contributed by atoms with van der Waals surface area (Å²) in [4.78, 5) is 26.2. The standard InChI is InChI=1S/C16H28N2O2/c1-16(2,3)18-11-12(10-14(18)19)15(20)17-13-8-6-4-5-7-9-13/h12-13H,4-11H2,1-3H3,(H,17,20). The second-order valence-corrected chi connectivity index (χ2v) is 7.27. The van der Waals surface area contributed by atoms with E-state index in [1.807, 2.05) is 25.7 Å². The molecule has 1 aliphatic carbocycles. The van der Waals surface area contributed by atoms with Crippen LogP contribution in [0.5, 0.6) is 0 Å². The summed E-state index contributed by atoms with van der Waals surface area (Å²) >= 11 is 0. The summed E-state index contributed by atoms with van der Waals surface area (Å²) in [5, 5.41) is 3.18. The van der Waals surface area contributed by atoms with Gasteiger partial charge in [-0.1, -0.05) is 25.7 Å². The lowest BCUT2D eigenvalue weighted by atomic mass is 10.0. The van der Waals surface area contributed by atoms with Crippen molar-refractivity contribution in [2.24, 2.45) is 5.92 Å². The van der Waals surface area contributed by atoms with E-state index in [1.54, 1.807) is 0 Å². The molecule has 4 heteroatoms. The zero-order chi connectivity index (χ0) is 14.8. The smallest absolute Gasteiger partial charge is 0.225 e. The highest BCUT2D eigenvalue weighted by Gasteiger charge is 2.39. The van der Waals surface area contributed by atoms with Crippen LogP contribution in [0.15, 0.2) is 0 Å². The molecule has 1 saturated heterocycles. The first kappa shape index (κ1) is 15.3. The average molecular weight is 280 g/mol. The lowest BCUT2D eigenvalue weighted by Gasteiger charge is -2.32. The summed E-state index contributed by atoms with van der Waals surface area (Å²) in [5.74, 6) is 0.0282. The molecule has 0 radical (unpaired) electrons. The summed E-state index contributed by atoms with van der Waals surface area (Å²) < 4.78 is 0. The van der Waals surface area contributed by atoms with Gasteiger partial charge in [0.25, 0.3) is 0 Å². The topological polar surface area (TPSA) is 49.4 Å². The molecule has 2 amide bonds. The number of likely N-dealkylation sites (tertiary alicyclic amines) is 1. The maximum Gasteiger partial charge on any atom is 0.225 e. The van der Waals surface area contributed by atoms with E-state index in [-0.39, 0.29) is 23.3 Å². The van der Waals surface area contributed by atoms with E-state index < -0.39 is 0 Å². The Hall–Kier alpha value is -1.06. The van der Waals surface area contributed by atoms with Gasteiger partial charge < -0.3 is 10.2 Å². The lowest BCUT2D eigenvalue weighted by Crippen LogP contribution is -2.44. The molecule has 0 aromatic carbocycles. The molecule has 0 aromatic rings. The molecule has 2 fully saturated rings. The van der Waals surface area contributed by atoms with E-state index in [4.69, 9.17) is 0 Å². The summed E-state index contributed by atoms with van der Waals surface area (Å²) in [6.45, 7) is 6.64. The van der Waals surface area contributed by atoms with Gasteiger partial charge in [-0.2, -0.15) is 0 Å². The second kappa shape index (κ2) is 6.15. The van der Waals surface area contributed by atoms with Gasteiger partial charge in [0.2, 0.25) is 11.8 Å². The minimum Gasteiger partial charge on any atom is -0.353 e. The molecule has 1 heterocycles. The van der Waals surface area contributed by atoms with Gasteiger partial charge in [-0.15, -0.1) is 0 Å². The van der Waals surface area contributed by atoms with Gasteiger partial charge in [0.05, 0.1) is 5.92 Å². The van der Waals surface area contributed by atoms with E-state index in [9.17, 15) is 9.59 Å². The Morgan fingerprint density at radius 3 is 2.25 bits per heavy atom. The number of carbonyl (C=O) groups is 2. The molecule has 2 rings (SSSR count). The van der Waals surface area contributed by atoms with E-state index in [0.717, 1.165) is 12.8 Å². The fraction of sp³-hybridized carbons (Fsp3) is 0.875. The van der Waals surface area contributed by atoms with Crippen LogP contribution in [0.2, 0.25) is 0 Å². The summed E-state index contributed by atoms with van der Waals surface area (Å²) in [5.41, 5.74) is -0.186. The molecule has 114 valence electrons. The Balaban J connectivity index is 1.89. The number of nitrogens with one attached hydrogen (secondary N) is 1. The molecule has 0 aromatic heterocycles. The molecule has 1 atom stereocenters. The van der Waals surface area contributed by atoms with Crippen LogP contribution in [0.1, 0.15) is 65.7 Å². The molecule has 2 aliphatic rings. The van der Waals surface area contributed by atoms with Crippen molar-refractivity contribution in [2.45, 2.75) is 77.3 Å². The van der Waals surface area contributed by atoms with Crippen molar-refractivity contribution in [2.75, 3.05) is 6.54 Å². The first-order valence-corrected chi connectivity index (χ1v) is 7.99. The minimum atomic E-state index is -0.186. The molecule has 1 aliphatic heterocycles. The predicted molar refractivity (Wildman–Crippen MR) is 79.2 cm³/mol. The summed E-state index contributed by atoms with van der Waals surface area (Å²) in [7, 11) is 0. The first-order chi connectivity index (χ1) is 9.38. The van der Waals surface area contributed by atoms with Crippen LogP contribution in [0.25, 0.3) is 0 Å². The van der Waals surface area contributed by atoms with Crippen molar-refractivity contribution < 1.29 is 9.59 Å². The lowest BCUT2D eigenvalue weighted by molar-refractivity contribution is -0.132. The predicted octanol–water partition coefficient (Wildman–Crippen LogP) is 2.47. The molecular weight excluding hydrogens is 252 g/mol. The number of carbonyl (C=O) groups excluding carboxylic acids is 2. The number of hydrogen-bond donors (Lipinski definition) is 1. The summed E-state index contributed by atoms with van der Waals surface area (Å²) in [6.07, 6.45) is 7.55. The average Bonchev–Trinajstić information content (AvgIpc) is 2.58. The fourth-order valence-corrected chi connectivity index (χ4v) is 3.27. The van der Waals surface area contributed by atoms with Gasteiger partial charge in [0.15, 0.2) is 0 Å². The highest BCUT2D eigenvalue weighted by Crippen LogP contribution is 2.26. The minimum absolute atomic E-state index is 0.0806. The van der Waals surface area contributed by atoms with Crippen LogP contribution in [-0.2, 0) is 9.59 Å². The third-order valence-electron chi connectivity index (χ3n) is 4.51. The van der Waals surface area contributed by atoms with E-state index in [0.29, 0.717) is 19.0 Å². The maximum atomic E-state index is 12.4. The number of rotatable bonds is 2. The van der Waals surface area contributed by atoms with Crippen LogP contribution in [0.4, 0.5) is 0 Å². The zero-order valence-electron chi connectivity index (χ0n) is 13.1. The third kappa shape index (κ3) is 3.74. The van der Waals surface area contributed by atoms with Gasteiger partial charge in [-0.25, -0.2) is 0 Å². The van der Waals surface area contributed by atoms with Crippen LogP contribution >= 0.6 is 0 Å². The third-order valence-corrected chi connectivity index (χ3v) is 4.51. The number of nitrogens with zero attached hydrogens (tertiary/aromatic N) is 1. The van der Waals surface area contributed by atoms with E-state index in [2.05, 4.69) is 5.32 Å². The normalized spacial score (nSPS) is 25.6. The molecule has 1 N–H and O–H groups in total. The first-order valence-electron chi connectivity index (χ1n) is 7.99. The number of hydrogen-bond acceptors (Lipinski definition) is 2. The highest BCUT2D eigenvalue weighted by atomic mass is 16.2. The molecule has 1 unspecified atom stereocenters. The Bertz CT molecular complexity index is 365. The van der Waals surface area contributed by atoms with Crippen molar-refractivity contribution in [1.82, 2.24) is 10.2 Å². The van der Waals surface area contributed by atoms with Gasteiger partial charge in [-0.3, -0.25) is 9.59 Å². The van der Waals surface area contributed by atoms with Gasteiger partial charge in [0, 0.05) is 24.5 Å². The SMILES string of the molecule is CC(C)(C)N1CC(C(=O)NC2CCCCCC2)CC1=O. The van der Waals surface area contributed by atoms with Crippen LogP contribution in [0, 0.1) is 5.92 Å². The van der Waals surface area contributed by atoms with Crippen LogP contribution in [-0.4, -0.2) is 34.8 Å². The maximum absolute atomic E-state index is 12.4. The molecular formula is C16H28N2O2. The van der Waals surface area contributed by atoms with Crippen molar-refractivity contribution in [3.63, 3.8) is 0 Å². The molecule has 0 bridgehead atoms. The molecule has 1 saturated carbocycles. The second-order valence-electron chi connectivity index (χ2n) is 7.27. The zero-order valence-corrected chi connectivity index (χ0v) is 13.1. The molecule has 20 heavy (non-hydrogen) atoms. The molecule has 0 spiro atoms. The van der Waals surface area contributed by atoms with E-state index in [1.165, 1.54) is 25.7 Å². The number of amides is 2. The Morgan fingerprint density at radius 1 is 1.15 bits per heavy atom. The van der Waals surface area contributed by atoms with Crippen molar-refractivity contribution in [3.8, 4) is 0 Å². The summed E-state index contributed by atoms with van der Waals surface area (Å²) in [6, 6.07) is 0.323. The van der Waals surface area contributed by atoms with Crippen molar-refractivity contribution >= 4 is 11.8 Å². The van der Waals surface area contributed by atoms with Crippen molar-refractivity contribution in [3.05, 3.63) is 0 Å². The van der Waals surface area contributed by atoms with Crippen molar-refractivity contribution in [1.29, 1.82) is 0 Å². The van der Waals surface area contributed by atoms with Crippen LogP contribution < -0.4 is 5.32 Å². The van der Waals surface area contributed by atoms with Crippen LogP contribution in [0.3, 0.4) is 0 Å². The largest absolute Gasteiger partial charge is 0.353 e. The highest BCUT2D eigenvalue weighted by molar-refractivity contribution is 5.89. The van der Waals surface area contributed by atoms with Gasteiger partial charge >= 0.3 is 0 Å². The fourth-order valence-electron chi connectivity index (χ4n) is 3.27. The monoisotopic (exact) mass is 280 g/mol. The Kier molecular flexibility index (Phi) is 4.71. The quantitative estimate of drug-likeness (QED) is 0.790. The molecule has 4 nitrogen and oxygen atoms in total. The Labute approximate surface area is 122 Å². The van der Waals surface area contributed by atoms with E-state index >= 15 is 0 Å².